The fourth-order valence-corrected chi connectivity index (χ4v) is 8.12. The van der Waals surface area contributed by atoms with Gasteiger partial charge in [-0.05, 0) is 73.5 Å². The first-order valence-corrected chi connectivity index (χ1v) is 22.7. The second-order valence-corrected chi connectivity index (χ2v) is 17.0. The van der Waals surface area contributed by atoms with Crippen LogP contribution in [0.2, 0.25) is 0 Å². The summed E-state index contributed by atoms with van der Waals surface area (Å²) in [6, 6.07) is 29.8. The lowest BCUT2D eigenvalue weighted by Crippen LogP contribution is -2.25. The van der Waals surface area contributed by atoms with Crippen molar-refractivity contribution in [3.8, 4) is 11.5 Å². The highest BCUT2D eigenvalue weighted by Crippen LogP contribution is 2.38. The molecule has 0 aromatic heterocycles. The van der Waals surface area contributed by atoms with Crippen molar-refractivity contribution in [3.05, 3.63) is 177 Å². The molecule has 3 aliphatic rings. The molecule has 2 atom stereocenters. The van der Waals surface area contributed by atoms with E-state index >= 15 is 0 Å². The molecule has 6 aromatic rings. The third-order valence-electron chi connectivity index (χ3n) is 11.4. The summed E-state index contributed by atoms with van der Waals surface area (Å²) < 4.78 is 105. The molecule has 0 aliphatic carbocycles. The van der Waals surface area contributed by atoms with Gasteiger partial charge in [0.05, 0.1) is 47.1 Å². The quantitative estimate of drug-likeness (QED) is 0.0626. The van der Waals surface area contributed by atoms with Gasteiger partial charge in [0.2, 0.25) is 0 Å². The van der Waals surface area contributed by atoms with Gasteiger partial charge in [-0.3, -0.25) is 19.6 Å². The standard InChI is InChI=1S/C28H25F3N2O4.C25H21F3N2O4.CH4O/c1-28(2)36-15-20(37-28)14-35-19-7-5-6-18(13-19)32-27(34)23-12-17(29)10-16-11-24(33-25(16)23)21-8-3-4-9-22(21)26(30)31;26-15-8-14-9-22(19-6-1-2-7-20(19)24(27)28)30-23(14)21(10-15)25(33)29-16-4-3-5-18(11-16)34-13-17(32)12-31;1-2/h3-10,12-13,20,26H,11,14-15H2,1-2H3,(H,32,34);1-8,10-11,17,24,31-32H,9,12-13H2,(H,29,33);2H,1H3/t20-;17-;/m01./s1. The number of anilines is 2. The van der Waals surface area contributed by atoms with E-state index in [0.29, 0.717) is 52.0 Å². The molecule has 1 saturated heterocycles. The summed E-state index contributed by atoms with van der Waals surface area (Å²) in [5.74, 6) is -2.25. The number of rotatable bonds is 15. The van der Waals surface area contributed by atoms with Crippen LogP contribution < -0.4 is 20.1 Å². The number of aliphatic hydroxyl groups excluding tert-OH is 3. The number of aliphatic hydroxyl groups is 3. The smallest absolute Gasteiger partial charge is 0.264 e. The van der Waals surface area contributed by atoms with Crippen LogP contribution in [-0.4, -0.2) is 90.1 Å². The lowest BCUT2D eigenvalue weighted by molar-refractivity contribution is -0.141. The summed E-state index contributed by atoms with van der Waals surface area (Å²) in [6.07, 6.45) is -6.38. The molecule has 2 amide bonds. The number of fused-ring (bicyclic) bond motifs is 2. The van der Waals surface area contributed by atoms with Gasteiger partial charge < -0.3 is 44.9 Å². The van der Waals surface area contributed by atoms with Crippen LogP contribution in [0.25, 0.3) is 0 Å². The molecule has 3 aliphatic heterocycles. The molecule has 73 heavy (non-hydrogen) atoms. The third-order valence-corrected chi connectivity index (χ3v) is 11.4. The number of carbonyl (C=O) groups is 2. The first kappa shape index (κ1) is 53.4. The first-order valence-electron chi connectivity index (χ1n) is 22.7. The fraction of sp³-hybridized carbons (Fsp3) is 0.259. The number of benzene rings is 6. The second kappa shape index (κ2) is 23.9. The average molecular weight is 1010 g/mol. The van der Waals surface area contributed by atoms with E-state index in [1.54, 1.807) is 60.7 Å². The van der Waals surface area contributed by atoms with Gasteiger partial charge >= 0.3 is 0 Å². The number of amides is 2. The van der Waals surface area contributed by atoms with Gasteiger partial charge in [-0.1, -0.05) is 60.7 Å². The number of ether oxygens (including phenoxy) is 4. The zero-order valence-corrected chi connectivity index (χ0v) is 39.6. The van der Waals surface area contributed by atoms with Crippen molar-refractivity contribution < 1.29 is 70.2 Å². The van der Waals surface area contributed by atoms with Crippen molar-refractivity contribution in [2.24, 2.45) is 9.98 Å². The summed E-state index contributed by atoms with van der Waals surface area (Å²) in [5, 5.41) is 30.7. The Hall–Kier alpha value is -7.42. The number of alkyl halides is 4. The first-order chi connectivity index (χ1) is 35.0. The van der Waals surface area contributed by atoms with Crippen LogP contribution in [-0.2, 0) is 22.3 Å². The summed E-state index contributed by atoms with van der Waals surface area (Å²) in [5.41, 5.74) is 3.08. The zero-order valence-electron chi connectivity index (χ0n) is 39.6. The number of nitrogens with zero attached hydrogens (tertiary/aromatic N) is 2. The average Bonchev–Trinajstić information content (AvgIpc) is 4.11. The van der Waals surface area contributed by atoms with E-state index in [0.717, 1.165) is 19.2 Å². The molecule has 13 nitrogen and oxygen atoms in total. The van der Waals surface area contributed by atoms with Gasteiger partial charge in [0.15, 0.2) is 5.79 Å². The number of hydrogen-bond acceptors (Lipinski definition) is 11. The molecule has 0 bridgehead atoms. The largest absolute Gasteiger partial charge is 0.491 e. The van der Waals surface area contributed by atoms with Crippen molar-refractivity contribution >= 4 is 46.0 Å². The third kappa shape index (κ3) is 13.4. The Morgan fingerprint density at radius 1 is 0.685 bits per heavy atom. The molecule has 5 N–H and O–H groups in total. The normalized spacial score (nSPS) is 15.5. The maximum Gasteiger partial charge on any atom is 0.264 e. The topological polar surface area (TPSA) is 181 Å². The highest BCUT2D eigenvalue weighted by Gasteiger charge is 2.33. The van der Waals surface area contributed by atoms with E-state index in [9.17, 15) is 41.0 Å². The lowest BCUT2D eigenvalue weighted by atomic mass is 9.98. The number of nitrogens with one attached hydrogen (secondary N) is 2. The maximum atomic E-state index is 14.4. The van der Waals surface area contributed by atoms with Crippen LogP contribution >= 0.6 is 0 Å². The van der Waals surface area contributed by atoms with Gasteiger partial charge in [-0.2, -0.15) is 0 Å². The molecule has 0 saturated carbocycles. The van der Waals surface area contributed by atoms with Crippen molar-refractivity contribution in [3.63, 3.8) is 0 Å². The lowest BCUT2D eigenvalue weighted by Gasteiger charge is -2.17. The highest BCUT2D eigenvalue weighted by molar-refractivity contribution is 6.15. The molecular weight excluding hydrogens is 963 g/mol. The van der Waals surface area contributed by atoms with Crippen molar-refractivity contribution in [1.82, 2.24) is 0 Å². The second-order valence-electron chi connectivity index (χ2n) is 17.0. The van der Waals surface area contributed by atoms with Gasteiger partial charge in [-0.15, -0.1) is 0 Å². The Labute approximate surface area is 415 Å². The van der Waals surface area contributed by atoms with E-state index < -0.39 is 54.8 Å². The molecule has 1 fully saturated rings. The Morgan fingerprint density at radius 3 is 1.59 bits per heavy atom. The predicted molar refractivity (Wildman–Crippen MR) is 261 cm³/mol. The molecule has 6 aromatic carbocycles. The van der Waals surface area contributed by atoms with Crippen LogP contribution in [0.5, 0.6) is 11.5 Å². The SMILES string of the molecule is CC1(C)OC[C@H](COc2cccc(NC(=O)c3cc(F)cc4c3N=C(c3ccccc3C(F)F)C4)c2)O1.CO.O=C(Nc1cccc(OC[C@H](O)CO)c1)c1cc(F)cc2c1N=C(c1ccccc1C(F)F)C2. The minimum atomic E-state index is -2.70. The molecule has 0 radical (unpaired) electrons. The Bertz CT molecular complexity index is 3020. The molecule has 3 heterocycles. The van der Waals surface area contributed by atoms with Crippen molar-refractivity contribution in [1.29, 1.82) is 0 Å². The van der Waals surface area contributed by atoms with Crippen LogP contribution in [0.4, 0.5) is 49.1 Å². The zero-order chi connectivity index (χ0) is 52.4. The van der Waals surface area contributed by atoms with E-state index in [-0.39, 0.29) is 76.9 Å². The van der Waals surface area contributed by atoms with E-state index in [4.69, 9.17) is 29.2 Å². The Balaban J connectivity index is 0.000000208. The summed E-state index contributed by atoms with van der Waals surface area (Å²) in [6.45, 7) is 3.76. The Morgan fingerprint density at radius 2 is 1.15 bits per heavy atom. The maximum absolute atomic E-state index is 14.4. The minimum Gasteiger partial charge on any atom is -0.491 e. The Kier molecular flexibility index (Phi) is 17.5. The fourth-order valence-electron chi connectivity index (χ4n) is 8.12. The molecule has 382 valence electrons. The number of hydrogen-bond donors (Lipinski definition) is 5. The van der Waals surface area contributed by atoms with Crippen molar-refractivity contribution in [2.45, 2.75) is 57.5 Å². The summed E-state index contributed by atoms with van der Waals surface area (Å²) >= 11 is 0. The van der Waals surface area contributed by atoms with Gasteiger partial charge in [0, 0.05) is 65.7 Å². The van der Waals surface area contributed by atoms with E-state index in [1.165, 1.54) is 48.5 Å². The van der Waals surface area contributed by atoms with Gasteiger partial charge in [0.25, 0.3) is 24.7 Å². The van der Waals surface area contributed by atoms with Crippen LogP contribution in [0.1, 0.15) is 80.8 Å². The number of aliphatic imine (C=N–C) groups is 2. The van der Waals surface area contributed by atoms with Crippen LogP contribution in [0.3, 0.4) is 0 Å². The highest BCUT2D eigenvalue weighted by atomic mass is 19.3. The van der Waals surface area contributed by atoms with Crippen LogP contribution in [0, 0.1) is 11.6 Å². The monoisotopic (exact) mass is 1010 g/mol. The minimum absolute atomic E-state index is 0.0181. The van der Waals surface area contributed by atoms with E-state index in [1.807, 2.05) is 13.8 Å². The summed E-state index contributed by atoms with van der Waals surface area (Å²) in [7, 11) is 1.00. The number of halogens is 6. The predicted octanol–water partition coefficient (Wildman–Crippen LogP) is 10.3. The number of carbonyl (C=O) groups excluding carboxylic acids is 2. The molecule has 9 rings (SSSR count). The van der Waals surface area contributed by atoms with E-state index in [2.05, 4.69) is 20.6 Å². The van der Waals surface area contributed by atoms with Gasteiger partial charge in [0.1, 0.15) is 48.6 Å². The molecule has 19 heteroatoms. The molecule has 0 spiro atoms. The van der Waals surface area contributed by atoms with Crippen LogP contribution in [0.15, 0.2) is 131 Å². The van der Waals surface area contributed by atoms with Crippen molar-refractivity contribution in [2.75, 3.05) is 44.2 Å². The van der Waals surface area contributed by atoms with Gasteiger partial charge in [-0.25, -0.2) is 26.3 Å². The molecule has 0 unspecified atom stereocenters. The molecular formula is C54H50F6N4O9. The summed E-state index contributed by atoms with van der Waals surface area (Å²) in [4.78, 5) is 35.0.